The molecule has 0 unspecified atom stereocenters. The fraction of sp³-hybridized carbons (Fsp3) is 0.444. The summed E-state index contributed by atoms with van der Waals surface area (Å²) in [5.74, 6) is 1.49. The number of aromatic nitrogens is 2. The lowest BCUT2D eigenvalue weighted by Gasteiger charge is -2.14. The van der Waals surface area contributed by atoms with Crippen LogP contribution in [-0.2, 0) is 15.3 Å². The zero-order chi connectivity index (χ0) is 18.4. The van der Waals surface area contributed by atoms with Crippen LogP contribution in [0.1, 0.15) is 30.7 Å². The van der Waals surface area contributed by atoms with Crippen LogP contribution in [0.3, 0.4) is 0 Å². The van der Waals surface area contributed by atoms with Gasteiger partial charge < -0.3 is 15.2 Å². The maximum Gasteiger partial charge on any atom is 0.257 e. The van der Waals surface area contributed by atoms with E-state index in [9.17, 15) is 9.59 Å². The Morgan fingerprint density at radius 2 is 2.15 bits per heavy atom. The van der Waals surface area contributed by atoms with E-state index in [1.54, 1.807) is 0 Å². The van der Waals surface area contributed by atoms with Gasteiger partial charge in [0.2, 0.25) is 11.8 Å². The van der Waals surface area contributed by atoms with Gasteiger partial charge in [0.25, 0.3) is 5.89 Å². The molecule has 1 fully saturated rings. The Bertz CT molecular complexity index is 760. The van der Waals surface area contributed by atoms with Crippen molar-refractivity contribution in [2.75, 3.05) is 12.3 Å². The summed E-state index contributed by atoms with van der Waals surface area (Å²) < 4.78 is 5.27. The Hall–Kier alpha value is -2.35. The summed E-state index contributed by atoms with van der Waals surface area (Å²) in [5.41, 5.74) is 2.04. The van der Waals surface area contributed by atoms with Crippen molar-refractivity contribution >= 4 is 23.6 Å². The van der Waals surface area contributed by atoms with E-state index in [-0.39, 0.29) is 17.6 Å². The summed E-state index contributed by atoms with van der Waals surface area (Å²) >= 11 is 1.39. The van der Waals surface area contributed by atoms with Gasteiger partial charge in [0.1, 0.15) is 6.04 Å². The van der Waals surface area contributed by atoms with Crippen molar-refractivity contribution in [1.82, 2.24) is 20.8 Å². The third-order valence-electron chi connectivity index (χ3n) is 4.10. The molecule has 1 atom stereocenters. The highest BCUT2D eigenvalue weighted by Gasteiger charge is 2.22. The zero-order valence-electron chi connectivity index (χ0n) is 14.7. The third-order valence-corrected chi connectivity index (χ3v) is 5.03. The highest BCUT2D eigenvalue weighted by Crippen LogP contribution is 2.19. The fourth-order valence-corrected chi connectivity index (χ4v) is 3.34. The second-order valence-electron chi connectivity index (χ2n) is 6.28. The number of aryl methyl sites for hydroxylation is 1. The van der Waals surface area contributed by atoms with E-state index in [1.165, 1.54) is 11.8 Å². The van der Waals surface area contributed by atoms with E-state index in [0.29, 0.717) is 30.4 Å². The molecule has 0 saturated carbocycles. The lowest BCUT2D eigenvalue weighted by Crippen LogP contribution is -2.46. The number of hydrogen-bond acceptors (Lipinski definition) is 6. The molecule has 0 radical (unpaired) electrons. The molecule has 2 aromatic rings. The van der Waals surface area contributed by atoms with Crippen LogP contribution < -0.4 is 10.6 Å². The Kier molecular flexibility index (Phi) is 6.27. The number of hydrogen-bond donors (Lipinski definition) is 2. The Balaban J connectivity index is 1.45. The largest absolute Gasteiger partial charge is 0.354 e. The first-order chi connectivity index (χ1) is 12.6. The van der Waals surface area contributed by atoms with Gasteiger partial charge in [-0.25, -0.2) is 0 Å². The minimum atomic E-state index is -0.427. The second-order valence-corrected chi connectivity index (χ2v) is 7.27. The van der Waals surface area contributed by atoms with Gasteiger partial charge in [-0.2, -0.15) is 4.98 Å². The predicted octanol–water partition coefficient (Wildman–Crippen LogP) is 2.06. The van der Waals surface area contributed by atoms with Crippen LogP contribution in [0.5, 0.6) is 0 Å². The number of nitrogens with zero attached hydrogens (tertiary/aromatic N) is 2. The van der Waals surface area contributed by atoms with Gasteiger partial charge in [-0.1, -0.05) is 22.9 Å². The van der Waals surface area contributed by atoms with Crippen LogP contribution in [-0.4, -0.2) is 40.3 Å². The summed E-state index contributed by atoms with van der Waals surface area (Å²) in [6, 6.07) is 7.42. The molecule has 1 aliphatic heterocycles. The van der Waals surface area contributed by atoms with Crippen LogP contribution in [0.4, 0.5) is 0 Å². The van der Waals surface area contributed by atoms with Gasteiger partial charge in [0, 0.05) is 12.1 Å². The summed E-state index contributed by atoms with van der Waals surface area (Å²) in [6.45, 7) is 2.70. The monoisotopic (exact) mass is 374 g/mol. The maximum atomic E-state index is 12.0. The topological polar surface area (TPSA) is 97.1 Å². The molecule has 0 spiro atoms. The quantitative estimate of drug-likeness (QED) is 0.803. The van der Waals surface area contributed by atoms with Gasteiger partial charge in [-0.3, -0.25) is 9.59 Å². The molecule has 0 aliphatic carbocycles. The fourth-order valence-electron chi connectivity index (χ4n) is 2.67. The molecule has 2 heterocycles. The molecule has 138 valence electrons. The van der Waals surface area contributed by atoms with E-state index in [0.717, 1.165) is 24.0 Å². The first kappa shape index (κ1) is 18.4. The number of nitrogens with one attached hydrogen (secondary N) is 2. The van der Waals surface area contributed by atoms with E-state index >= 15 is 0 Å². The molecule has 1 aromatic heterocycles. The molecular weight excluding hydrogens is 352 g/mol. The highest BCUT2D eigenvalue weighted by molar-refractivity contribution is 7.99. The molecule has 26 heavy (non-hydrogen) atoms. The van der Waals surface area contributed by atoms with Gasteiger partial charge in [0.15, 0.2) is 5.82 Å². The van der Waals surface area contributed by atoms with Crippen LogP contribution >= 0.6 is 11.8 Å². The van der Waals surface area contributed by atoms with Crippen molar-refractivity contribution in [2.45, 2.75) is 38.0 Å². The van der Waals surface area contributed by atoms with E-state index in [1.807, 2.05) is 31.2 Å². The predicted molar refractivity (Wildman–Crippen MR) is 99.4 cm³/mol. The average molecular weight is 374 g/mol. The number of carbonyl (C=O) groups excluding carboxylic acids is 2. The summed E-state index contributed by atoms with van der Waals surface area (Å²) in [4.78, 5) is 28.2. The Morgan fingerprint density at radius 3 is 2.96 bits per heavy atom. The molecular formula is C18H22N4O3S. The minimum absolute atomic E-state index is 0.0956. The van der Waals surface area contributed by atoms with E-state index < -0.39 is 6.04 Å². The molecule has 1 aliphatic rings. The maximum absolute atomic E-state index is 12.0. The van der Waals surface area contributed by atoms with Crippen molar-refractivity contribution in [2.24, 2.45) is 0 Å². The summed E-state index contributed by atoms with van der Waals surface area (Å²) in [6.07, 6.45) is 2.57. The number of benzene rings is 1. The SMILES string of the molecule is Cc1ccc(-c2nc(CSCC(=O)N[C@H]3CCCCNC3=O)no2)cc1. The summed E-state index contributed by atoms with van der Waals surface area (Å²) in [5, 5.41) is 9.56. The van der Waals surface area contributed by atoms with Crippen LogP contribution in [0.15, 0.2) is 28.8 Å². The van der Waals surface area contributed by atoms with Crippen molar-refractivity contribution in [3.05, 3.63) is 35.7 Å². The van der Waals surface area contributed by atoms with Crippen LogP contribution in [0, 0.1) is 6.92 Å². The molecule has 2 amide bonds. The van der Waals surface area contributed by atoms with Crippen molar-refractivity contribution < 1.29 is 14.1 Å². The van der Waals surface area contributed by atoms with E-state index in [2.05, 4.69) is 20.8 Å². The molecule has 1 aromatic carbocycles. The van der Waals surface area contributed by atoms with E-state index in [4.69, 9.17) is 4.52 Å². The third kappa shape index (κ3) is 5.08. The summed E-state index contributed by atoms with van der Waals surface area (Å²) in [7, 11) is 0. The van der Waals surface area contributed by atoms with Crippen molar-refractivity contribution in [3.8, 4) is 11.5 Å². The van der Waals surface area contributed by atoms with Crippen molar-refractivity contribution in [1.29, 1.82) is 0 Å². The smallest absolute Gasteiger partial charge is 0.257 e. The first-order valence-electron chi connectivity index (χ1n) is 8.66. The standard InChI is InChI=1S/C18H22N4O3S/c1-12-5-7-13(8-6-12)18-21-15(22-25-18)10-26-11-16(23)20-14-4-2-3-9-19-17(14)24/h5-8,14H,2-4,9-11H2,1H3,(H,19,24)(H,20,23)/t14-/m0/s1. The minimum Gasteiger partial charge on any atom is -0.354 e. The van der Waals surface area contributed by atoms with Gasteiger partial charge in [-0.05, 0) is 38.3 Å². The molecule has 2 N–H and O–H groups in total. The number of thioether (sulfide) groups is 1. The first-order valence-corrected chi connectivity index (χ1v) is 9.82. The lowest BCUT2D eigenvalue weighted by molar-refractivity contribution is -0.127. The van der Waals surface area contributed by atoms with Crippen molar-refractivity contribution in [3.63, 3.8) is 0 Å². The average Bonchev–Trinajstić information content (AvgIpc) is 3.00. The van der Waals surface area contributed by atoms with Gasteiger partial charge in [0.05, 0.1) is 11.5 Å². The Morgan fingerprint density at radius 1 is 1.35 bits per heavy atom. The molecule has 8 heteroatoms. The van der Waals surface area contributed by atoms with Crippen LogP contribution in [0.25, 0.3) is 11.5 Å². The lowest BCUT2D eigenvalue weighted by atomic mass is 10.1. The normalized spacial score (nSPS) is 17.4. The second kappa shape index (κ2) is 8.84. The van der Waals surface area contributed by atoms with Crippen LogP contribution in [0.2, 0.25) is 0 Å². The molecule has 0 bridgehead atoms. The van der Waals surface area contributed by atoms with Gasteiger partial charge >= 0.3 is 0 Å². The number of carbonyl (C=O) groups is 2. The molecule has 1 saturated heterocycles. The zero-order valence-corrected chi connectivity index (χ0v) is 15.5. The Labute approximate surface area is 156 Å². The van der Waals surface area contributed by atoms with Gasteiger partial charge in [-0.15, -0.1) is 11.8 Å². The molecule has 3 rings (SSSR count). The molecule has 7 nitrogen and oxygen atoms in total. The highest BCUT2D eigenvalue weighted by atomic mass is 32.2. The number of amides is 2. The number of rotatable bonds is 6.